The molecule has 1 rings (SSSR count). The van der Waals surface area contributed by atoms with Crippen LogP contribution in [0.25, 0.3) is 0 Å². The van der Waals surface area contributed by atoms with E-state index in [1.54, 1.807) is 6.92 Å². The third-order valence-corrected chi connectivity index (χ3v) is 4.30. The third-order valence-electron chi connectivity index (χ3n) is 4.30. The molecular weight excluding hydrogens is 348 g/mol. The van der Waals surface area contributed by atoms with E-state index in [1.165, 1.54) is 6.92 Å². The zero-order chi connectivity index (χ0) is 19.9. The number of carbonyl (C=O) groups is 2. The van der Waals surface area contributed by atoms with Gasteiger partial charge in [-0.1, -0.05) is 20.3 Å². The van der Waals surface area contributed by atoms with Gasteiger partial charge in [0.25, 0.3) is 0 Å². The van der Waals surface area contributed by atoms with Crippen LogP contribution < -0.4 is 0 Å². The topological polar surface area (TPSA) is 143 Å². The highest BCUT2D eigenvalue weighted by Gasteiger charge is 2.43. The van der Waals surface area contributed by atoms with Crippen molar-refractivity contribution in [3.05, 3.63) is 0 Å². The molecule has 4 unspecified atom stereocenters. The highest BCUT2D eigenvalue weighted by molar-refractivity contribution is 5.71. The van der Waals surface area contributed by atoms with Gasteiger partial charge in [0.15, 0.2) is 6.29 Å². The molecule has 0 bridgehead atoms. The number of aliphatic carboxylic acids is 1. The van der Waals surface area contributed by atoms with Gasteiger partial charge in [-0.05, 0) is 19.8 Å². The molecule has 1 fully saturated rings. The van der Waals surface area contributed by atoms with Crippen LogP contribution in [0, 0.1) is 0 Å². The zero-order valence-electron chi connectivity index (χ0n) is 15.4. The van der Waals surface area contributed by atoms with Gasteiger partial charge in [-0.3, -0.25) is 9.59 Å². The van der Waals surface area contributed by atoms with Gasteiger partial charge in [-0.15, -0.1) is 0 Å². The quantitative estimate of drug-likeness (QED) is 0.392. The number of hydrogen-bond donors (Lipinski definition) is 4. The van der Waals surface area contributed by atoms with Gasteiger partial charge in [0.2, 0.25) is 0 Å². The van der Waals surface area contributed by atoms with Crippen LogP contribution in [0.4, 0.5) is 0 Å². The monoisotopic (exact) mass is 378 g/mol. The van der Waals surface area contributed by atoms with Crippen molar-refractivity contribution in [3.8, 4) is 0 Å². The van der Waals surface area contributed by atoms with E-state index < -0.39 is 54.9 Å². The van der Waals surface area contributed by atoms with Crippen LogP contribution in [-0.4, -0.2) is 75.3 Å². The zero-order valence-corrected chi connectivity index (χ0v) is 15.4. The first-order valence-corrected chi connectivity index (χ1v) is 8.95. The summed E-state index contributed by atoms with van der Waals surface area (Å²) in [5, 5.41) is 38.3. The summed E-state index contributed by atoms with van der Waals surface area (Å²) in [6.45, 7) is 5.17. The predicted octanol–water partition coefficient (Wildman–Crippen LogP) is 0.186. The minimum Gasteiger partial charge on any atom is -0.481 e. The Labute approximate surface area is 152 Å². The summed E-state index contributed by atoms with van der Waals surface area (Å²) in [5.74, 6) is -1.64. The first-order chi connectivity index (χ1) is 12.2. The average molecular weight is 378 g/mol. The Balaban J connectivity index is 2.60. The van der Waals surface area contributed by atoms with E-state index in [0.717, 1.165) is 0 Å². The van der Waals surface area contributed by atoms with Gasteiger partial charge in [0.05, 0.1) is 25.0 Å². The molecule has 26 heavy (non-hydrogen) atoms. The molecule has 0 radical (unpaired) electrons. The van der Waals surface area contributed by atoms with E-state index in [1.807, 2.05) is 6.92 Å². The molecule has 7 atom stereocenters. The van der Waals surface area contributed by atoms with Crippen molar-refractivity contribution in [1.29, 1.82) is 0 Å². The molecule has 0 saturated carbocycles. The molecule has 9 heteroatoms. The van der Waals surface area contributed by atoms with Crippen LogP contribution >= 0.6 is 0 Å². The highest BCUT2D eigenvalue weighted by Crippen LogP contribution is 2.24. The van der Waals surface area contributed by atoms with E-state index in [0.29, 0.717) is 19.3 Å². The number of esters is 1. The molecule has 0 aromatic carbocycles. The van der Waals surface area contributed by atoms with E-state index in [4.69, 9.17) is 19.3 Å². The van der Waals surface area contributed by atoms with Crippen LogP contribution in [0.3, 0.4) is 0 Å². The van der Waals surface area contributed by atoms with Crippen LogP contribution in [0.15, 0.2) is 0 Å². The summed E-state index contributed by atoms with van der Waals surface area (Å²) >= 11 is 0. The first-order valence-electron chi connectivity index (χ1n) is 8.95. The van der Waals surface area contributed by atoms with Gasteiger partial charge in [-0.2, -0.15) is 0 Å². The van der Waals surface area contributed by atoms with Crippen LogP contribution in [0.5, 0.6) is 0 Å². The Morgan fingerprint density at radius 3 is 2.23 bits per heavy atom. The number of aliphatic hydroxyl groups is 3. The maximum absolute atomic E-state index is 12.1. The minimum atomic E-state index is -1.45. The van der Waals surface area contributed by atoms with E-state index in [-0.39, 0.29) is 12.8 Å². The van der Waals surface area contributed by atoms with Crippen molar-refractivity contribution >= 4 is 11.9 Å². The van der Waals surface area contributed by atoms with Crippen molar-refractivity contribution < 1.29 is 44.2 Å². The summed E-state index contributed by atoms with van der Waals surface area (Å²) in [6.07, 6.45) is -6.25. The van der Waals surface area contributed by atoms with Crippen LogP contribution in [0.1, 0.15) is 52.9 Å². The van der Waals surface area contributed by atoms with Crippen molar-refractivity contribution in [1.82, 2.24) is 0 Å². The average Bonchev–Trinajstić information content (AvgIpc) is 2.56. The van der Waals surface area contributed by atoms with Gasteiger partial charge in [-0.25, -0.2) is 0 Å². The number of carboxylic acid groups (broad SMARTS) is 1. The first kappa shape index (κ1) is 22.8. The molecule has 152 valence electrons. The van der Waals surface area contributed by atoms with Crippen LogP contribution in [0.2, 0.25) is 0 Å². The number of ether oxygens (including phenoxy) is 3. The molecule has 1 aliphatic heterocycles. The Bertz CT molecular complexity index is 456. The van der Waals surface area contributed by atoms with E-state index >= 15 is 0 Å². The lowest BCUT2D eigenvalue weighted by atomic mass is 10.00. The molecule has 9 nitrogen and oxygen atoms in total. The van der Waals surface area contributed by atoms with Gasteiger partial charge < -0.3 is 34.6 Å². The number of carboxylic acids is 1. The van der Waals surface area contributed by atoms with Gasteiger partial charge in [0.1, 0.15) is 24.4 Å². The molecule has 0 aliphatic carbocycles. The van der Waals surface area contributed by atoms with Gasteiger partial charge in [0, 0.05) is 0 Å². The fraction of sp³-hybridized carbons (Fsp3) is 0.882. The maximum atomic E-state index is 12.1. The standard InChI is InChI=1S/C17H30O9/c1-4-6-11(7-12(18)19)25-13(20)8-10(5-2)26-17-16(23)15(22)14(21)9(3)24-17/h9-11,14-17,21-23H,4-8H2,1-3H3,(H,18,19)/t9?,10?,11?,14-,15-,16?,17-/m0/s1. The summed E-state index contributed by atoms with van der Waals surface area (Å²) in [4.78, 5) is 22.9. The molecular formula is C17H30O9. The second kappa shape index (κ2) is 10.8. The summed E-state index contributed by atoms with van der Waals surface area (Å²) in [7, 11) is 0. The molecule has 0 aromatic rings. The Morgan fingerprint density at radius 1 is 1.04 bits per heavy atom. The van der Waals surface area contributed by atoms with E-state index in [2.05, 4.69) is 0 Å². The Kier molecular flexibility index (Phi) is 9.45. The van der Waals surface area contributed by atoms with Crippen molar-refractivity contribution in [2.75, 3.05) is 0 Å². The smallest absolute Gasteiger partial charge is 0.308 e. The van der Waals surface area contributed by atoms with Crippen LogP contribution in [-0.2, 0) is 23.8 Å². The molecule has 4 N–H and O–H groups in total. The molecule has 1 heterocycles. The fourth-order valence-corrected chi connectivity index (χ4v) is 2.74. The minimum absolute atomic E-state index is 0.143. The number of rotatable bonds is 10. The maximum Gasteiger partial charge on any atom is 0.308 e. The molecule has 1 aliphatic rings. The van der Waals surface area contributed by atoms with Crippen molar-refractivity contribution in [2.24, 2.45) is 0 Å². The lowest BCUT2D eigenvalue weighted by Gasteiger charge is -2.40. The lowest BCUT2D eigenvalue weighted by Crippen LogP contribution is -2.58. The Hall–Kier alpha value is -1.26. The largest absolute Gasteiger partial charge is 0.481 e. The fourth-order valence-electron chi connectivity index (χ4n) is 2.74. The number of hydrogen-bond acceptors (Lipinski definition) is 8. The van der Waals surface area contributed by atoms with Crippen molar-refractivity contribution in [2.45, 2.75) is 95.8 Å². The summed E-state index contributed by atoms with van der Waals surface area (Å²) in [6, 6.07) is 0. The number of carbonyl (C=O) groups excluding carboxylic acids is 1. The molecule has 0 aromatic heterocycles. The second-order valence-corrected chi connectivity index (χ2v) is 6.55. The summed E-state index contributed by atoms with van der Waals surface area (Å²) in [5.41, 5.74) is 0. The normalized spacial score (nSPS) is 31.2. The second-order valence-electron chi connectivity index (χ2n) is 6.55. The van der Waals surface area contributed by atoms with Crippen molar-refractivity contribution in [3.63, 3.8) is 0 Å². The SMILES string of the molecule is CCCC(CC(=O)O)OC(=O)CC(CC)O[C@@H]1OC(C)[C@H](O)[C@H](O)C1O. The highest BCUT2D eigenvalue weighted by atomic mass is 16.7. The molecule has 0 amide bonds. The summed E-state index contributed by atoms with van der Waals surface area (Å²) < 4.78 is 16.1. The lowest BCUT2D eigenvalue weighted by molar-refractivity contribution is -0.304. The van der Waals surface area contributed by atoms with Gasteiger partial charge >= 0.3 is 11.9 Å². The molecule has 0 spiro atoms. The third kappa shape index (κ3) is 6.81. The molecule has 1 saturated heterocycles. The number of aliphatic hydroxyl groups excluding tert-OH is 3. The Morgan fingerprint density at radius 2 is 1.69 bits per heavy atom. The van der Waals surface area contributed by atoms with E-state index in [9.17, 15) is 24.9 Å². The predicted molar refractivity (Wildman–Crippen MR) is 89.2 cm³/mol.